The topological polar surface area (TPSA) is 87.2 Å². The molecule has 1 aliphatic carbocycles. The van der Waals surface area contributed by atoms with Gasteiger partial charge in [0.05, 0.1) is 5.60 Å². The van der Waals surface area contributed by atoms with Gasteiger partial charge in [-0.2, -0.15) is 0 Å². The number of sulfonamides is 1. The summed E-state index contributed by atoms with van der Waals surface area (Å²) >= 11 is 0. The predicted octanol–water partition coefficient (Wildman–Crippen LogP) is 1.37. The normalized spacial score (nSPS) is 25.6. The van der Waals surface area contributed by atoms with Crippen molar-refractivity contribution in [2.75, 3.05) is 6.61 Å². The van der Waals surface area contributed by atoms with Crippen LogP contribution in [-0.4, -0.2) is 30.2 Å². The van der Waals surface area contributed by atoms with Crippen molar-refractivity contribution >= 4 is 10.0 Å². The van der Waals surface area contributed by atoms with E-state index in [9.17, 15) is 8.42 Å². The Balaban J connectivity index is 1.91. The number of ether oxygens (including phenoxy) is 1. The fourth-order valence-corrected chi connectivity index (χ4v) is 3.77. The van der Waals surface area contributed by atoms with Crippen LogP contribution >= 0.6 is 0 Å². The van der Waals surface area contributed by atoms with E-state index in [0.29, 0.717) is 6.42 Å². The van der Waals surface area contributed by atoms with Gasteiger partial charge < -0.3 is 9.30 Å². The minimum absolute atomic E-state index is 0.0245. The average Bonchev–Trinajstić information content (AvgIpc) is 2.81. The van der Waals surface area contributed by atoms with Gasteiger partial charge in [-0.1, -0.05) is 6.92 Å². The van der Waals surface area contributed by atoms with Gasteiger partial charge >= 0.3 is 0 Å². The first kappa shape index (κ1) is 14.0. The van der Waals surface area contributed by atoms with E-state index in [-0.39, 0.29) is 16.7 Å². The molecule has 0 radical (unpaired) electrons. The molecule has 3 rings (SSSR count). The van der Waals surface area contributed by atoms with Crippen LogP contribution in [0.5, 0.6) is 0 Å². The lowest BCUT2D eigenvalue weighted by molar-refractivity contribution is -0.140. The van der Waals surface area contributed by atoms with Gasteiger partial charge in [-0.3, -0.25) is 0 Å². The molecule has 0 bridgehead atoms. The quantitative estimate of drug-likeness (QED) is 0.913. The molecule has 1 atom stereocenters. The van der Waals surface area contributed by atoms with E-state index in [1.54, 1.807) is 6.20 Å². The van der Waals surface area contributed by atoms with Crippen molar-refractivity contribution in [3.8, 4) is 0 Å². The number of imidazole rings is 1. The van der Waals surface area contributed by atoms with Gasteiger partial charge in [0, 0.05) is 25.3 Å². The lowest BCUT2D eigenvalue weighted by Gasteiger charge is -2.47. The number of nitrogens with zero attached hydrogens (tertiary/aromatic N) is 2. The van der Waals surface area contributed by atoms with Gasteiger partial charge in [0.25, 0.3) is 10.0 Å². The zero-order chi connectivity index (χ0) is 14.4. The van der Waals surface area contributed by atoms with Gasteiger partial charge in [0.15, 0.2) is 5.03 Å². The second-order valence-electron chi connectivity index (χ2n) is 5.83. The van der Waals surface area contributed by atoms with Crippen molar-refractivity contribution in [1.82, 2.24) is 9.55 Å². The molecule has 1 aromatic heterocycles. The standard InChI is InChI=1S/C13H21N3O3S/c1-2-11-15-12(20(14,17)18)9-16(11)10-4-7-19-13(8-10)5-3-6-13/h9-10H,2-8H2,1H3,(H2,14,17,18). The Bertz CT molecular complexity index is 604. The third-order valence-corrected chi connectivity index (χ3v) is 5.30. The highest BCUT2D eigenvalue weighted by Crippen LogP contribution is 2.45. The molecule has 2 heterocycles. The van der Waals surface area contributed by atoms with Crippen molar-refractivity contribution in [2.45, 2.75) is 62.1 Å². The van der Waals surface area contributed by atoms with Crippen LogP contribution in [0.4, 0.5) is 0 Å². The number of aromatic nitrogens is 2. The molecule has 1 aromatic rings. The van der Waals surface area contributed by atoms with Crippen LogP contribution in [0, 0.1) is 0 Å². The Morgan fingerprint density at radius 2 is 2.30 bits per heavy atom. The molecule has 2 N–H and O–H groups in total. The molecule has 7 heteroatoms. The molecule has 0 amide bonds. The molecule has 1 saturated heterocycles. The summed E-state index contributed by atoms with van der Waals surface area (Å²) in [5.74, 6) is 0.787. The Hall–Kier alpha value is -0.920. The molecule has 112 valence electrons. The minimum Gasteiger partial charge on any atom is -0.375 e. The number of rotatable bonds is 3. The fraction of sp³-hybridized carbons (Fsp3) is 0.769. The first-order valence-electron chi connectivity index (χ1n) is 7.18. The van der Waals surface area contributed by atoms with Crippen molar-refractivity contribution < 1.29 is 13.2 Å². The number of nitrogens with two attached hydrogens (primary N) is 1. The first-order valence-corrected chi connectivity index (χ1v) is 8.73. The van der Waals surface area contributed by atoms with Crippen LogP contribution in [0.3, 0.4) is 0 Å². The summed E-state index contributed by atoms with van der Waals surface area (Å²) in [6.45, 7) is 2.71. The summed E-state index contributed by atoms with van der Waals surface area (Å²) in [6.07, 6.45) is 7.58. The maximum atomic E-state index is 11.5. The third kappa shape index (κ3) is 2.38. The SMILES string of the molecule is CCc1nc(S(N)(=O)=O)cn1C1CCOC2(CCC2)C1. The minimum atomic E-state index is -3.74. The maximum absolute atomic E-state index is 11.5. The lowest BCUT2D eigenvalue weighted by Crippen LogP contribution is -2.46. The van der Waals surface area contributed by atoms with Crippen LogP contribution in [0.25, 0.3) is 0 Å². The first-order chi connectivity index (χ1) is 9.43. The third-order valence-electron chi connectivity index (χ3n) is 4.52. The van der Waals surface area contributed by atoms with Gasteiger partial charge in [-0.15, -0.1) is 0 Å². The number of hydrogen-bond acceptors (Lipinski definition) is 4. The van der Waals surface area contributed by atoms with E-state index in [0.717, 1.165) is 38.1 Å². The van der Waals surface area contributed by atoms with E-state index < -0.39 is 10.0 Å². The Labute approximate surface area is 119 Å². The summed E-state index contributed by atoms with van der Waals surface area (Å²) in [6, 6.07) is 0.266. The summed E-state index contributed by atoms with van der Waals surface area (Å²) in [5, 5.41) is 5.16. The largest absolute Gasteiger partial charge is 0.375 e. The smallest absolute Gasteiger partial charge is 0.257 e. The zero-order valence-corrected chi connectivity index (χ0v) is 12.5. The predicted molar refractivity (Wildman–Crippen MR) is 73.8 cm³/mol. The molecular formula is C13H21N3O3S. The zero-order valence-electron chi connectivity index (χ0n) is 11.7. The van der Waals surface area contributed by atoms with E-state index in [1.807, 2.05) is 11.5 Å². The fourth-order valence-electron chi connectivity index (χ4n) is 3.28. The maximum Gasteiger partial charge on any atom is 0.257 e. The molecule has 6 nitrogen and oxygen atoms in total. The van der Waals surface area contributed by atoms with E-state index in [2.05, 4.69) is 4.98 Å². The summed E-state index contributed by atoms with van der Waals surface area (Å²) in [5.41, 5.74) is 0.0277. The molecule has 20 heavy (non-hydrogen) atoms. The van der Waals surface area contributed by atoms with E-state index >= 15 is 0 Å². The van der Waals surface area contributed by atoms with Crippen molar-refractivity contribution in [3.63, 3.8) is 0 Å². The Kier molecular flexibility index (Phi) is 3.38. The molecule has 0 aromatic carbocycles. The molecular weight excluding hydrogens is 278 g/mol. The highest BCUT2D eigenvalue weighted by Gasteiger charge is 2.43. The molecule has 1 saturated carbocycles. The van der Waals surface area contributed by atoms with Crippen molar-refractivity contribution in [3.05, 3.63) is 12.0 Å². The van der Waals surface area contributed by atoms with Gasteiger partial charge in [-0.25, -0.2) is 18.5 Å². The summed E-state index contributed by atoms with van der Waals surface area (Å²) in [4.78, 5) is 4.18. The van der Waals surface area contributed by atoms with Crippen molar-refractivity contribution in [2.24, 2.45) is 5.14 Å². The second-order valence-corrected chi connectivity index (χ2v) is 7.34. The molecule has 1 aliphatic heterocycles. The average molecular weight is 299 g/mol. The summed E-state index contributed by atoms with van der Waals surface area (Å²) < 4.78 is 30.9. The Morgan fingerprint density at radius 1 is 1.55 bits per heavy atom. The van der Waals surface area contributed by atoms with Gasteiger partial charge in [0.1, 0.15) is 5.82 Å². The van der Waals surface area contributed by atoms with Crippen LogP contribution < -0.4 is 5.14 Å². The van der Waals surface area contributed by atoms with E-state index in [4.69, 9.17) is 9.88 Å². The van der Waals surface area contributed by atoms with E-state index in [1.165, 1.54) is 6.42 Å². The highest BCUT2D eigenvalue weighted by atomic mass is 32.2. The molecule has 1 unspecified atom stereocenters. The molecule has 2 fully saturated rings. The summed E-state index contributed by atoms with van der Waals surface area (Å²) in [7, 11) is -3.74. The monoisotopic (exact) mass is 299 g/mol. The van der Waals surface area contributed by atoms with Gasteiger partial charge in [-0.05, 0) is 32.1 Å². The number of primary sulfonamides is 1. The number of hydrogen-bond donors (Lipinski definition) is 1. The van der Waals surface area contributed by atoms with Crippen molar-refractivity contribution in [1.29, 1.82) is 0 Å². The Morgan fingerprint density at radius 3 is 2.85 bits per heavy atom. The van der Waals surface area contributed by atoms with Crippen LogP contribution in [0.1, 0.15) is 50.9 Å². The van der Waals surface area contributed by atoms with Crippen LogP contribution in [0.15, 0.2) is 11.2 Å². The lowest BCUT2D eigenvalue weighted by atomic mass is 9.74. The molecule has 1 spiro atoms. The number of aryl methyl sites for hydroxylation is 1. The highest BCUT2D eigenvalue weighted by molar-refractivity contribution is 7.89. The van der Waals surface area contributed by atoms with Crippen LogP contribution in [-0.2, 0) is 21.2 Å². The van der Waals surface area contributed by atoms with Gasteiger partial charge in [0.2, 0.25) is 0 Å². The second kappa shape index (κ2) is 4.82. The molecule has 2 aliphatic rings. The van der Waals surface area contributed by atoms with Crippen LogP contribution in [0.2, 0.25) is 0 Å².